The van der Waals surface area contributed by atoms with Gasteiger partial charge in [-0.1, -0.05) is 5.21 Å². The second-order valence-corrected chi connectivity index (χ2v) is 10.3. The quantitative estimate of drug-likeness (QED) is 0.677. The largest absolute Gasteiger partial charge is 0.488 e. The Morgan fingerprint density at radius 1 is 1.16 bits per heavy atom. The summed E-state index contributed by atoms with van der Waals surface area (Å²) in [7, 11) is 0. The molecule has 5 aliphatic rings. The highest BCUT2D eigenvalue weighted by Crippen LogP contribution is 2.65. The van der Waals surface area contributed by atoms with Crippen molar-refractivity contribution in [2.45, 2.75) is 57.0 Å². The molecule has 10 heteroatoms. The van der Waals surface area contributed by atoms with E-state index in [0.717, 1.165) is 31.7 Å². The molecule has 2 spiro atoms. The highest BCUT2D eigenvalue weighted by molar-refractivity contribution is 5.66. The Morgan fingerprint density at radius 2 is 1.91 bits per heavy atom. The van der Waals surface area contributed by atoms with Gasteiger partial charge in [0.1, 0.15) is 17.1 Å². The highest BCUT2D eigenvalue weighted by Gasteiger charge is 2.75. The van der Waals surface area contributed by atoms with Crippen LogP contribution in [0.3, 0.4) is 0 Å². The lowest BCUT2D eigenvalue weighted by Crippen LogP contribution is -2.51. The Kier molecular flexibility index (Phi) is 3.82. The van der Waals surface area contributed by atoms with Crippen LogP contribution in [0.4, 0.5) is 14.5 Å². The minimum atomic E-state index is -2.52. The minimum Gasteiger partial charge on any atom is -0.488 e. The van der Waals surface area contributed by atoms with Crippen molar-refractivity contribution in [3.05, 3.63) is 18.5 Å². The zero-order valence-corrected chi connectivity index (χ0v) is 17.7. The molecule has 5 fully saturated rings. The molecule has 8 nitrogen and oxygen atoms in total. The van der Waals surface area contributed by atoms with Crippen molar-refractivity contribution in [2.24, 2.45) is 10.8 Å². The van der Waals surface area contributed by atoms with Gasteiger partial charge in [0.25, 0.3) is 5.92 Å². The number of alkyl halides is 2. The maximum Gasteiger partial charge on any atom is 0.258 e. The lowest BCUT2D eigenvalue weighted by molar-refractivity contribution is -0.213. The maximum absolute atomic E-state index is 13.6. The van der Waals surface area contributed by atoms with E-state index in [1.807, 2.05) is 17.2 Å². The summed E-state index contributed by atoms with van der Waals surface area (Å²) in [6.07, 6.45) is 7.75. The molecule has 0 N–H and O–H groups in total. The Balaban J connectivity index is 1.08. The predicted molar refractivity (Wildman–Crippen MR) is 108 cm³/mol. The summed E-state index contributed by atoms with van der Waals surface area (Å²) >= 11 is 0. The normalized spacial score (nSPS) is 26.9. The van der Waals surface area contributed by atoms with Gasteiger partial charge in [0.15, 0.2) is 6.29 Å². The molecule has 7 rings (SSSR count). The van der Waals surface area contributed by atoms with Crippen molar-refractivity contribution < 1.29 is 23.0 Å². The summed E-state index contributed by atoms with van der Waals surface area (Å²) in [5, 5.41) is 8.51. The third-order valence-electron chi connectivity index (χ3n) is 7.45. The molecular weight excluding hydrogens is 420 g/mol. The molecule has 170 valence electrons. The number of halogens is 2. The van der Waals surface area contributed by atoms with Gasteiger partial charge < -0.3 is 19.1 Å². The van der Waals surface area contributed by atoms with Crippen molar-refractivity contribution in [1.29, 1.82) is 0 Å². The Labute approximate surface area is 183 Å². The maximum atomic E-state index is 13.6. The second-order valence-electron chi connectivity index (χ2n) is 10.3. The van der Waals surface area contributed by atoms with Crippen molar-refractivity contribution >= 4 is 5.69 Å². The molecule has 2 aromatic heterocycles. The number of hydrogen-bond acceptors (Lipinski definition) is 7. The van der Waals surface area contributed by atoms with Gasteiger partial charge in [0, 0.05) is 31.0 Å². The van der Waals surface area contributed by atoms with Crippen LogP contribution in [0.5, 0.6) is 5.75 Å². The van der Waals surface area contributed by atoms with Crippen LogP contribution in [0.15, 0.2) is 18.5 Å². The van der Waals surface area contributed by atoms with Crippen LogP contribution < -0.4 is 9.64 Å². The van der Waals surface area contributed by atoms with E-state index in [-0.39, 0.29) is 24.2 Å². The average Bonchev–Trinajstić information content (AvgIpc) is 3.70. The van der Waals surface area contributed by atoms with Crippen LogP contribution in [0, 0.1) is 10.8 Å². The van der Waals surface area contributed by atoms with Crippen LogP contribution in [0.2, 0.25) is 0 Å². The monoisotopic (exact) mass is 445 g/mol. The first kappa shape index (κ1) is 19.2. The molecule has 0 aromatic carbocycles. The number of nitrogens with zero attached hydrogens (tertiary/aromatic N) is 5. The second kappa shape index (κ2) is 6.38. The Hall–Kier alpha value is -2.33. The first-order valence-corrected chi connectivity index (χ1v) is 11.4. The predicted octanol–water partition coefficient (Wildman–Crippen LogP) is 2.88. The van der Waals surface area contributed by atoms with Gasteiger partial charge >= 0.3 is 0 Å². The van der Waals surface area contributed by atoms with E-state index in [9.17, 15) is 8.78 Å². The standard InChI is InChI=1S/C22H25F2N5O3/c23-22(24)9-21(22)10-28(11-21)14-5-17(32-15-1-2-15)19(25-6-14)16-7-29(27-26-16)8-18-30-12-20(3-4-20)13-31-18/h5-7,15,18H,1-4,8-13H2. The highest BCUT2D eigenvalue weighted by atomic mass is 19.3. The van der Waals surface area contributed by atoms with Crippen molar-refractivity contribution in [1.82, 2.24) is 20.0 Å². The average molecular weight is 445 g/mol. The minimum absolute atomic E-state index is 0.00798. The number of anilines is 1. The number of rotatable bonds is 6. The van der Waals surface area contributed by atoms with E-state index in [1.165, 1.54) is 12.8 Å². The SMILES string of the molecule is FC1(F)CC12CN(c1cnc(-c3cn(CC4OCC5(CC5)CO4)nn3)c(OC3CC3)c1)C2. The molecule has 0 amide bonds. The third-order valence-corrected chi connectivity index (χ3v) is 7.45. The van der Waals surface area contributed by atoms with Crippen LogP contribution >= 0.6 is 0 Å². The zero-order valence-electron chi connectivity index (χ0n) is 17.7. The molecule has 0 atom stereocenters. The van der Waals surface area contributed by atoms with Crippen LogP contribution in [-0.4, -0.2) is 64.6 Å². The molecule has 2 saturated heterocycles. The molecule has 2 aliphatic heterocycles. The summed E-state index contributed by atoms with van der Waals surface area (Å²) in [4.78, 5) is 6.54. The fourth-order valence-corrected chi connectivity index (χ4v) is 4.69. The smallest absolute Gasteiger partial charge is 0.258 e. The number of pyridine rings is 1. The summed E-state index contributed by atoms with van der Waals surface area (Å²) in [5.41, 5.74) is 1.46. The van der Waals surface area contributed by atoms with Crippen molar-refractivity contribution in [3.63, 3.8) is 0 Å². The molecule has 2 aromatic rings. The zero-order chi connectivity index (χ0) is 21.6. The molecule has 3 saturated carbocycles. The number of hydrogen-bond donors (Lipinski definition) is 0. The van der Waals surface area contributed by atoms with E-state index in [0.29, 0.717) is 36.8 Å². The molecule has 3 aliphatic carbocycles. The van der Waals surface area contributed by atoms with Crippen LogP contribution in [-0.2, 0) is 16.0 Å². The van der Waals surface area contributed by atoms with Gasteiger partial charge in [-0.2, -0.15) is 0 Å². The fraction of sp³-hybridized carbons (Fsp3) is 0.682. The van der Waals surface area contributed by atoms with E-state index >= 15 is 0 Å². The first-order valence-electron chi connectivity index (χ1n) is 11.4. The molecule has 0 bridgehead atoms. The van der Waals surface area contributed by atoms with E-state index in [1.54, 1.807) is 10.9 Å². The van der Waals surface area contributed by atoms with Crippen molar-refractivity contribution in [3.8, 4) is 17.1 Å². The van der Waals surface area contributed by atoms with E-state index in [4.69, 9.17) is 14.2 Å². The topological polar surface area (TPSA) is 74.5 Å². The number of ether oxygens (including phenoxy) is 3. The van der Waals surface area contributed by atoms with E-state index in [2.05, 4.69) is 15.3 Å². The van der Waals surface area contributed by atoms with Gasteiger partial charge in [-0.05, 0) is 25.7 Å². The molecule has 32 heavy (non-hydrogen) atoms. The van der Waals surface area contributed by atoms with Gasteiger partial charge in [0.2, 0.25) is 0 Å². The van der Waals surface area contributed by atoms with Crippen molar-refractivity contribution in [2.75, 3.05) is 31.2 Å². The molecule has 0 radical (unpaired) electrons. The van der Waals surface area contributed by atoms with Gasteiger partial charge in [0.05, 0.1) is 49.4 Å². The molecule has 4 heterocycles. The van der Waals surface area contributed by atoms with Gasteiger partial charge in [-0.3, -0.25) is 0 Å². The Bertz CT molecular complexity index is 1050. The lowest BCUT2D eigenvalue weighted by atomic mass is 9.95. The van der Waals surface area contributed by atoms with Gasteiger partial charge in [-0.15, -0.1) is 5.10 Å². The summed E-state index contributed by atoms with van der Waals surface area (Å²) in [5.74, 6) is -1.89. The molecule has 0 unspecified atom stereocenters. The molecular formula is C22H25F2N5O3. The lowest BCUT2D eigenvalue weighted by Gasteiger charge is -2.41. The first-order chi connectivity index (χ1) is 15.4. The van der Waals surface area contributed by atoms with Crippen LogP contribution in [0.1, 0.15) is 32.1 Å². The summed E-state index contributed by atoms with van der Waals surface area (Å²) < 4.78 is 46.7. The summed E-state index contributed by atoms with van der Waals surface area (Å²) in [6, 6.07) is 1.90. The summed E-state index contributed by atoms with van der Waals surface area (Å²) in [6.45, 7) is 2.67. The number of aromatic nitrogens is 4. The van der Waals surface area contributed by atoms with Gasteiger partial charge in [-0.25, -0.2) is 18.4 Å². The third kappa shape index (κ3) is 3.18. The fourth-order valence-electron chi connectivity index (χ4n) is 4.69. The Morgan fingerprint density at radius 3 is 2.56 bits per heavy atom. The van der Waals surface area contributed by atoms with Crippen LogP contribution in [0.25, 0.3) is 11.4 Å². The van der Waals surface area contributed by atoms with E-state index < -0.39 is 11.3 Å².